The topological polar surface area (TPSA) is 72.8 Å². The van der Waals surface area contributed by atoms with Gasteiger partial charge in [-0.1, -0.05) is 48.0 Å². The van der Waals surface area contributed by atoms with Gasteiger partial charge >= 0.3 is 0 Å². The summed E-state index contributed by atoms with van der Waals surface area (Å²) in [4.78, 5) is 8.52. The molecule has 0 spiro atoms. The lowest BCUT2D eigenvalue weighted by atomic mass is 10.0. The largest absolute Gasteiger partial charge is 0.437 e. The van der Waals surface area contributed by atoms with Gasteiger partial charge in [-0.25, -0.2) is 9.97 Å². The van der Waals surface area contributed by atoms with Crippen LogP contribution in [0.4, 0.5) is 11.5 Å². The Labute approximate surface area is 203 Å². The van der Waals surface area contributed by atoms with E-state index in [1.807, 2.05) is 84.2 Å². The molecule has 6 aromatic rings. The maximum atomic E-state index is 6.05. The van der Waals surface area contributed by atoms with Crippen molar-refractivity contribution >= 4 is 55.4 Å². The summed E-state index contributed by atoms with van der Waals surface area (Å²) in [5.41, 5.74) is 3.52. The highest BCUT2D eigenvalue weighted by molar-refractivity contribution is 7.17. The van der Waals surface area contributed by atoms with Crippen LogP contribution in [0.2, 0.25) is 5.02 Å². The molecular weight excluding hydrogens is 466 g/mol. The molecule has 8 heteroatoms. The lowest BCUT2D eigenvalue weighted by Gasteiger charge is -2.12. The third-order valence-corrected chi connectivity index (χ3v) is 6.49. The fraction of sp³-hybridized carbons (Fsp3) is 0. The summed E-state index contributed by atoms with van der Waals surface area (Å²) in [5, 5.41) is 17.0. The smallest absolute Gasteiger partial charge is 0.240 e. The SMILES string of the molecule is Clc1ccc(-c2nnc(Nc3ccc(Oc4ncnc5ccsc45)cc3)c3ccccc23)cc1. The number of hydrogen-bond acceptors (Lipinski definition) is 7. The number of benzene rings is 3. The van der Waals surface area contributed by atoms with Crippen LogP contribution in [0, 0.1) is 0 Å². The van der Waals surface area contributed by atoms with Gasteiger partial charge in [0.2, 0.25) is 5.88 Å². The Morgan fingerprint density at radius 1 is 0.794 bits per heavy atom. The second kappa shape index (κ2) is 8.70. The van der Waals surface area contributed by atoms with E-state index < -0.39 is 0 Å². The lowest BCUT2D eigenvalue weighted by Crippen LogP contribution is -1.99. The normalized spacial score (nSPS) is 11.1. The number of thiophene rings is 1. The Morgan fingerprint density at radius 3 is 2.41 bits per heavy atom. The summed E-state index contributed by atoms with van der Waals surface area (Å²) in [6.07, 6.45) is 1.51. The van der Waals surface area contributed by atoms with E-state index in [0.717, 1.165) is 37.9 Å². The number of anilines is 2. The Morgan fingerprint density at radius 2 is 1.59 bits per heavy atom. The van der Waals surface area contributed by atoms with E-state index in [4.69, 9.17) is 16.3 Å². The van der Waals surface area contributed by atoms with Crippen LogP contribution in [-0.2, 0) is 0 Å². The van der Waals surface area contributed by atoms with E-state index in [1.54, 1.807) is 11.3 Å². The summed E-state index contributed by atoms with van der Waals surface area (Å²) in [6.45, 7) is 0. The molecule has 0 aliphatic heterocycles. The number of aromatic nitrogens is 4. The van der Waals surface area contributed by atoms with Crippen LogP contribution in [-0.4, -0.2) is 20.2 Å². The van der Waals surface area contributed by atoms with Gasteiger partial charge in [-0.15, -0.1) is 21.5 Å². The molecule has 3 aromatic heterocycles. The van der Waals surface area contributed by atoms with Crippen molar-refractivity contribution in [3.8, 4) is 22.9 Å². The van der Waals surface area contributed by atoms with E-state index in [-0.39, 0.29) is 0 Å². The first kappa shape index (κ1) is 20.5. The zero-order chi connectivity index (χ0) is 22.9. The molecule has 0 saturated carbocycles. The standard InChI is InChI=1S/C26H16ClN5OS/c27-17-7-5-16(6-8-17)23-20-3-1-2-4-21(20)25(32-31-23)30-18-9-11-19(12-10-18)33-26-24-22(13-14-34-24)28-15-29-26/h1-15H,(H,30,32). The van der Waals surface area contributed by atoms with Crippen LogP contribution < -0.4 is 10.1 Å². The Hall–Kier alpha value is -4.07. The fourth-order valence-electron chi connectivity index (χ4n) is 3.71. The maximum absolute atomic E-state index is 6.05. The Bertz CT molecular complexity index is 1620. The molecule has 0 bridgehead atoms. The number of hydrogen-bond donors (Lipinski definition) is 1. The van der Waals surface area contributed by atoms with Crippen LogP contribution in [0.5, 0.6) is 11.6 Å². The second-order valence-electron chi connectivity index (χ2n) is 7.51. The number of halogens is 1. The monoisotopic (exact) mass is 481 g/mol. The van der Waals surface area contributed by atoms with Crippen molar-refractivity contribution in [1.82, 2.24) is 20.2 Å². The molecule has 0 fully saturated rings. The van der Waals surface area contributed by atoms with Gasteiger partial charge < -0.3 is 10.1 Å². The Kier molecular flexibility index (Phi) is 5.25. The first-order valence-corrected chi connectivity index (χ1v) is 11.7. The van der Waals surface area contributed by atoms with Gasteiger partial charge in [0, 0.05) is 27.0 Å². The van der Waals surface area contributed by atoms with Crippen molar-refractivity contribution in [3.05, 3.63) is 95.6 Å². The minimum Gasteiger partial charge on any atom is -0.437 e. The molecule has 0 radical (unpaired) electrons. The van der Waals surface area contributed by atoms with Gasteiger partial charge in [0.15, 0.2) is 5.82 Å². The van der Waals surface area contributed by atoms with Crippen LogP contribution in [0.25, 0.3) is 32.2 Å². The molecule has 3 heterocycles. The first-order valence-electron chi connectivity index (χ1n) is 10.5. The Balaban J connectivity index is 1.28. The molecule has 6 nitrogen and oxygen atoms in total. The minimum absolute atomic E-state index is 0.551. The molecule has 0 atom stereocenters. The predicted octanol–water partition coefficient (Wildman–Crippen LogP) is 7.49. The van der Waals surface area contributed by atoms with Gasteiger partial charge in [-0.05, 0) is 47.8 Å². The van der Waals surface area contributed by atoms with Gasteiger partial charge in [0.1, 0.15) is 22.5 Å². The third-order valence-electron chi connectivity index (χ3n) is 5.35. The summed E-state index contributed by atoms with van der Waals surface area (Å²) in [7, 11) is 0. The summed E-state index contributed by atoms with van der Waals surface area (Å²) < 4.78 is 6.92. The molecule has 1 N–H and O–H groups in total. The van der Waals surface area contributed by atoms with Crippen molar-refractivity contribution in [2.45, 2.75) is 0 Å². The summed E-state index contributed by atoms with van der Waals surface area (Å²) in [5.74, 6) is 1.92. The van der Waals surface area contributed by atoms with E-state index in [1.165, 1.54) is 6.33 Å². The average molecular weight is 482 g/mol. The number of nitrogens with zero attached hydrogens (tertiary/aromatic N) is 4. The van der Waals surface area contributed by atoms with Crippen LogP contribution in [0.3, 0.4) is 0 Å². The molecule has 0 saturated heterocycles. The molecular formula is C26H16ClN5OS. The third kappa shape index (κ3) is 3.91. The number of nitrogens with one attached hydrogen (secondary N) is 1. The second-order valence-corrected chi connectivity index (χ2v) is 8.87. The zero-order valence-electron chi connectivity index (χ0n) is 17.6. The van der Waals surface area contributed by atoms with E-state index >= 15 is 0 Å². The van der Waals surface area contributed by atoms with E-state index in [2.05, 4.69) is 25.5 Å². The van der Waals surface area contributed by atoms with Gasteiger partial charge in [-0.2, -0.15) is 0 Å². The van der Waals surface area contributed by atoms with E-state index in [0.29, 0.717) is 22.5 Å². The van der Waals surface area contributed by atoms with Crippen molar-refractivity contribution in [1.29, 1.82) is 0 Å². The lowest BCUT2D eigenvalue weighted by molar-refractivity contribution is 0.469. The molecule has 34 heavy (non-hydrogen) atoms. The zero-order valence-corrected chi connectivity index (χ0v) is 19.2. The summed E-state index contributed by atoms with van der Waals surface area (Å²) in [6, 6.07) is 25.3. The molecule has 0 aliphatic carbocycles. The van der Waals surface area contributed by atoms with Crippen LogP contribution >= 0.6 is 22.9 Å². The first-order chi connectivity index (χ1) is 16.7. The number of fused-ring (bicyclic) bond motifs is 2. The molecule has 3 aromatic carbocycles. The van der Waals surface area contributed by atoms with Gasteiger partial charge in [0.05, 0.1) is 5.52 Å². The van der Waals surface area contributed by atoms with Gasteiger partial charge in [-0.3, -0.25) is 0 Å². The highest BCUT2D eigenvalue weighted by Crippen LogP contribution is 2.33. The molecule has 0 aliphatic rings. The minimum atomic E-state index is 0.551. The highest BCUT2D eigenvalue weighted by atomic mass is 35.5. The van der Waals surface area contributed by atoms with Crippen molar-refractivity contribution in [3.63, 3.8) is 0 Å². The van der Waals surface area contributed by atoms with Crippen molar-refractivity contribution in [2.75, 3.05) is 5.32 Å². The predicted molar refractivity (Wildman–Crippen MR) is 137 cm³/mol. The average Bonchev–Trinajstić information content (AvgIpc) is 3.36. The fourth-order valence-corrected chi connectivity index (χ4v) is 4.61. The highest BCUT2D eigenvalue weighted by Gasteiger charge is 2.12. The maximum Gasteiger partial charge on any atom is 0.240 e. The molecule has 6 rings (SSSR count). The van der Waals surface area contributed by atoms with E-state index in [9.17, 15) is 0 Å². The van der Waals surface area contributed by atoms with Crippen LogP contribution in [0.15, 0.2) is 90.6 Å². The summed E-state index contributed by atoms with van der Waals surface area (Å²) >= 11 is 7.60. The molecule has 164 valence electrons. The molecule has 0 unspecified atom stereocenters. The quantitative estimate of drug-likeness (QED) is 0.275. The number of rotatable bonds is 5. The van der Waals surface area contributed by atoms with Gasteiger partial charge in [0.25, 0.3) is 0 Å². The van der Waals surface area contributed by atoms with Crippen molar-refractivity contribution < 1.29 is 4.74 Å². The molecule has 0 amide bonds. The van der Waals surface area contributed by atoms with Crippen molar-refractivity contribution in [2.24, 2.45) is 0 Å². The van der Waals surface area contributed by atoms with Crippen LogP contribution in [0.1, 0.15) is 0 Å². The number of ether oxygens (including phenoxy) is 1.